The van der Waals surface area contributed by atoms with Gasteiger partial charge >= 0.3 is 0 Å². The summed E-state index contributed by atoms with van der Waals surface area (Å²) in [5, 5.41) is 9.50. The highest BCUT2D eigenvalue weighted by Crippen LogP contribution is 2.60. The number of carbonyl (C=O) groups is 1. The summed E-state index contributed by atoms with van der Waals surface area (Å²) in [5.41, 5.74) is 0.649. The van der Waals surface area contributed by atoms with Gasteiger partial charge in [-0.05, 0) is 80.1 Å². The van der Waals surface area contributed by atoms with Crippen LogP contribution in [0.3, 0.4) is 0 Å². The second kappa shape index (κ2) is 5.30. The molecule has 0 unspecified atom stereocenters. The number of Topliss-reactive ketones (excluding diaryl/α,β-unsaturated/α-hetero) is 1. The van der Waals surface area contributed by atoms with Gasteiger partial charge in [0.05, 0.1) is 5.57 Å². The van der Waals surface area contributed by atoms with E-state index in [-0.39, 0.29) is 22.6 Å². The molecule has 4 saturated carbocycles. The highest BCUT2D eigenvalue weighted by atomic mass is 19.1. The third-order valence-electron chi connectivity index (χ3n) is 6.07. The van der Waals surface area contributed by atoms with Crippen molar-refractivity contribution < 1.29 is 9.18 Å². The maximum Gasteiger partial charge on any atom is 0.179 e. The molecule has 0 spiro atoms. The van der Waals surface area contributed by atoms with Gasteiger partial charge in [0.25, 0.3) is 0 Å². The van der Waals surface area contributed by atoms with Gasteiger partial charge in [-0.25, -0.2) is 4.39 Å². The van der Waals surface area contributed by atoms with E-state index in [4.69, 9.17) is 0 Å². The Morgan fingerprint density at radius 3 is 2.09 bits per heavy atom. The van der Waals surface area contributed by atoms with Crippen LogP contribution >= 0.6 is 0 Å². The second-order valence-corrected chi connectivity index (χ2v) is 7.75. The molecule has 0 saturated heterocycles. The molecule has 118 valence electrons. The lowest BCUT2D eigenvalue weighted by molar-refractivity contribution is -0.139. The van der Waals surface area contributed by atoms with Gasteiger partial charge < -0.3 is 0 Å². The van der Waals surface area contributed by atoms with Crippen molar-refractivity contribution in [1.82, 2.24) is 0 Å². The van der Waals surface area contributed by atoms with Crippen LogP contribution in [0.2, 0.25) is 0 Å². The van der Waals surface area contributed by atoms with Crippen LogP contribution in [-0.2, 0) is 4.79 Å². The zero-order chi connectivity index (χ0) is 16.0. The van der Waals surface area contributed by atoms with Crippen molar-refractivity contribution in [3.05, 3.63) is 41.2 Å². The Balaban J connectivity index is 1.64. The summed E-state index contributed by atoms with van der Waals surface area (Å²) in [7, 11) is 0. The van der Waals surface area contributed by atoms with Gasteiger partial charge in [0.2, 0.25) is 0 Å². The van der Waals surface area contributed by atoms with E-state index in [0.717, 1.165) is 19.3 Å². The lowest BCUT2D eigenvalue weighted by Gasteiger charge is -2.55. The number of ketones is 1. The fourth-order valence-corrected chi connectivity index (χ4v) is 5.55. The SMILES string of the molecule is N#C/C(=C\c1ccc(F)cc1)C(=O)C12CC3CC(CC(C3)C1)C2. The van der Waals surface area contributed by atoms with Gasteiger partial charge in [-0.1, -0.05) is 12.1 Å². The van der Waals surface area contributed by atoms with Crippen molar-refractivity contribution in [3.63, 3.8) is 0 Å². The van der Waals surface area contributed by atoms with Gasteiger partial charge in [0.15, 0.2) is 5.78 Å². The normalized spacial score (nSPS) is 35.1. The minimum absolute atomic E-state index is 0.0309. The minimum Gasteiger partial charge on any atom is -0.293 e. The lowest BCUT2D eigenvalue weighted by atomic mass is 9.48. The number of hydrogen-bond acceptors (Lipinski definition) is 2. The number of carbonyl (C=O) groups excluding carboxylic acids is 1. The first kappa shape index (κ1) is 14.6. The fourth-order valence-electron chi connectivity index (χ4n) is 5.55. The molecule has 0 radical (unpaired) electrons. The van der Waals surface area contributed by atoms with E-state index in [1.165, 1.54) is 31.4 Å². The van der Waals surface area contributed by atoms with Crippen LogP contribution in [0.4, 0.5) is 4.39 Å². The molecular weight excluding hydrogens is 289 g/mol. The van der Waals surface area contributed by atoms with Gasteiger partial charge in [-0.2, -0.15) is 5.26 Å². The van der Waals surface area contributed by atoms with Crippen LogP contribution in [0.15, 0.2) is 29.8 Å². The van der Waals surface area contributed by atoms with Crippen molar-refractivity contribution >= 4 is 11.9 Å². The Kier molecular flexibility index (Phi) is 3.37. The Labute approximate surface area is 136 Å². The van der Waals surface area contributed by atoms with Gasteiger partial charge in [-0.15, -0.1) is 0 Å². The van der Waals surface area contributed by atoms with Crippen molar-refractivity contribution in [2.75, 3.05) is 0 Å². The second-order valence-electron chi connectivity index (χ2n) is 7.75. The maximum absolute atomic E-state index is 13.1. The standard InChI is InChI=1S/C20H20FNO/c21-18-3-1-13(2-4-18)8-17(12-22)19(23)20-9-14-5-15(10-20)7-16(6-14)11-20/h1-4,8,14-16H,5-7,9-11H2/b17-8+. The van der Waals surface area contributed by atoms with Crippen LogP contribution in [0.5, 0.6) is 0 Å². The summed E-state index contributed by atoms with van der Waals surface area (Å²) in [6.07, 6.45) is 8.32. The third-order valence-corrected chi connectivity index (χ3v) is 6.07. The number of benzene rings is 1. The van der Waals surface area contributed by atoms with Crippen molar-refractivity contribution in [2.24, 2.45) is 23.2 Å². The zero-order valence-electron chi connectivity index (χ0n) is 13.1. The van der Waals surface area contributed by atoms with Crippen LogP contribution in [0.25, 0.3) is 6.08 Å². The molecule has 4 aliphatic carbocycles. The van der Waals surface area contributed by atoms with Crippen molar-refractivity contribution in [2.45, 2.75) is 38.5 Å². The summed E-state index contributed by atoms with van der Waals surface area (Å²) >= 11 is 0. The van der Waals surface area contributed by atoms with E-state index in [1.54, 1.807) is 18.2 Å². The first-order valence-corrected chi connectivity index (χ1v) is 8.50. The number of nitriles is 1. The predicted octanol–water partition coefficient (Wildman–Crippen LogP) is 4.52. The molecule has 23 heavy (non-hydrogen) atoms. The van der Waals surface area contributed by atoms with Gasteiger partial charge in [0.1, 0.15) is 11.9 Å². The predicted molar refractivity (Wildman–Crippen MR) is 85.6 cm³/mol. The third kappa shape index (κ3) is 2.51. The largest absolute Gasteiger partial charge is 0.293 e. The Bertz CT molecular complexity index is 675. The Morgan fingerprint density at radius 1 is 1.09 bits per heavy atom. The topological polar surface area (TPSA) is 40.9 Å². The average molecular weight is 309 g/mol. The quantitative estimate of drug-likeness (QED) is 0.608. The molecule has 3 heteroatoms. The van der Waals surface area contributed by atoms with Crippen LogP contribution in [0, 0.1) is 40.3 Å². The average Bonchev–Trinajstić information content (AvgIpc) is 2.52. The first-order valence-electron chi connectivity index (χ1n) is 8.50. The molecule has 0 heterocycles. The Morgan fingerprint density at radius 2 is 1.61 bits per heavy atom. The Hall–Kier alpha value is -1.95. The van der Waals surface area contributed by atoms with Crippen LogP contribution < -0.4 is 0 Å². The molecular formula is C20H20FNO. The molecule has 0 aliphatic heterocycles. The van der Waals surface area contributed by atoms with E-state index >= 15 is 0 Å². The fraction of sp³-hybridized carbons (Fsp3) is 0.500. The van der Waals surface area contributed by atoms with E-state index in [9.17, 15) is 14.4 Å². The molecule has 4 bridgehead atoms. The highest BCUT2D eigenvalue weighted by Gasteiger charge is 2.54. The molecule has 2 nitrogen and oxygen atoms in total. The summed E-state index contributed by atoms with van der Waals surface area (Å²) < 4.78 is 13.0. The lowest BCUT2D eigenvalue weighted by Crippen LogP contribution is -2.50. The van der Waals surface area contributed by atoms with Crippen LogP contribution in [-0.4, -0.2) is 5.78 Å². The number of allylic oxidation sites excluding steroid dienone is 1. The molecule has 0 N–H and O–H groups in total. The van der Waals surface area contributed by atoms with Gasteiger partial charge in [-0.3, -0.25) is 4.79 Å². The zero-order valence-corrected chi connectivity index (χ0v) is 13.1. The molecule has 1 aromatic carbocycles. The monoisotopic (exact) mass is 309 g/mol. The molecule has 5 rings (SSSR count). The summed E-state index contributed by atoms with van der Waals surface area (Å²) in [5.74, 6) is 1.75. The van der Waals surface area contributed by atoms with E-state index < -0.39 is 0 Å². The highest BCUT2D eigenvalue weighted by molar-refractivity contribution is 6.07. The van der Waals surface area contributed by atoms with Crippen molar-refractivity contribution in [3.8, 4) is 6.07 Å². The molecule has 0 amide bonds. The molecule has 1 aromatic rings. The number of halogens is 1. The van der Waals surface area contributed by atoms with E-state index in [0.29, 0.717) is 23.3 Å². The number of hydrogen-bond donors (Lipinski definition) is 0. The summed E-state index contributed by atoms with van der Waals surface area (Å²) in [6, 6.07) is 8.04. The minimum atomic E-state index is -0.312. The summed E-state index contributed by atoms with van der Waals surface area (Å²) in [4.78, 5) is 13.1. The smallest absolute Gasteiger partial charge is 0.179 e. The molecule has 0 aromatic heterocycles. The molecule has 4 aliphatic rings. The van der Waals surface area contributed by atoms with E-state index in [1.807, 2.05) is 0 Å². The summed E-state index contributed by atoms with van der Waals surface area (Å²) in [6.45, 7) is 0. The van der Waals surface area contributed by atoms with Gasteiger partial charge in [0, 0.05) is 5.41 Å². The van der Waals surface area contributed by atoms with Crippen LogP contribution in [0.1, 0.15) is 44.1 Å². The van der Waals surface area contributed by atoms with E-state index in [2.05, 4.69) is 6.07 Å². The maximum atomic E-state index is 13.1. The first-order chi connectivity index (χ1) is 11.1. The number of rotatable bonds is 3. The number of nitrogens with zero attached hydrogens (tertiary/aromatic N) is 1. The molecule has 0 atom stereocenters. The molecule has 4 fully saturated rings. The van der Waals surface area contributed by atoms with Crippen molar-refractivity contribution in [1.29, 1.82) is 5.26 Å².